The van der Waals surface area contributed by atoms with Gasteiger partial charge in [0.05, 0.1) is 0 Å². The Morgan fingerprint density at radius 3 is 2.79 bits per heavy atom. The average Bonchev–Trinajstić information content (AvgIpc) is 2.66. The van der Waals surface area contributed by atoms with Crippen LogP contribution in [0.4, 0.5) is 0 Å². The van der Waals surface area contributed by atoms with Gasteiger partial charge in [0.1, 0.15) is 5.75 Å². The number of hydrogen-bond donors (Lipinski definition) is 0. The molecule has 0 radical (unpaired) electrons. The van der Waals surface area contributed by atoms with Crippen molar-refractivity contribution in [3.63, 3.8) is 0 Å². The Hall–Kier alpha value is -2.56. The zero-order valence-corrected chi connectivity index (χ0v) is 16.9. The largest absolute Gasteiger partial charge is 0.483 e. The van der Waals surface area contributed by atoms with Crippen molar-refractivity contribution < 1.29 is 9.53 Å². The molecule has 1 fully saturated rings. The van der Waals surface area contributed by atoms with Gasteiger partial charge in [0.15, 0.2) is 6.61 Å². The average molecular weight is 380 g/mol. The van der Waals surface area contributed by atoms with Gasteiger partial charge in [0.2, 0.25) is 0 Å². The summed E-state index contributed by atoms with van der Waals surface area (Å²) in [5.41, 5.74) is 3.38. The van der Waals surface area contributed by atoms with Gasteiger partial charge < -0.3 is 14.2 Å². The zero-order chi connectivity index (χ0) is 19.8. The molecule has 5 nitrogen and oxygen atoms in total. The summed E-state index contributed by atoms with van der Waals surface area (Å²) >= 11 is 0. The number of benzene rings is 1. The molecule has 1 saturated heterocycles. The Labute approximate surface area is 165 Å². The standard InChI is InChI=1S/C23H28N2O3/c1-15(2)19-8-7-16(3)9-21(19)28-14-23(27)24-11-17-10-18(13-24)20-5-4-6-22(26)25(20)12-17/h4-9,15,17-18H,10-14H2,1-3H3/t17-,18?/m0/s1. The van der Waals surface area contributed by atoms with Crippen LogP contribution in [0.1, 0.15) is 48.9 Å². The van der Waals surface area contributed by atoms with Crippen LogP contribution in [0.2, 0.25) is 0 Å². The quantitative estimate of drug-likeness (QED) is 0.818. The molecule has 2 atom stereocenters. The third-order valence-electron chi connectivity index (χ3n) is 5.97. The summed E-state index contributed by atoms with van der Waals surface area (Å²) in [7, 11) is 0. The molecule has 0 N–H and O–H groups in total. The normalized spacial score (nSPS) is 20.8. The molecule has 1 unspecified atom stereocenters. The first-order valence-corrected chi connectivity index (χ1v) is 10.1. The first-order valence-electron chi connectivity index (χ1n) is 10.1. The van der Waals surface area contributed by atoms with Crippen LogP contribution in [0.15, 0.2) is 41.2 Å². The van der Waals surface area contributed by atoms with Gasteiger partial charge in [-0.05, 0) is 48.4 Å². The molecular weight excluding hydrogens is 352 g/mol. The van der Waals surface area contributed by atoms with Crippen LogP contribution in [-0.2, 0) is 11.3 Å². The van der Waals surface area contributed by atoms with Crippen molar-refractivity contribution >= 4 is 5.91 Å². The van der Waals surface area contributed by atoms with Crippen LogP contribution < -0.4 is 10.3 Å². The van der Waals surface area contributed by atoms with Crippen molar-refractivity contribution in [3.05, 3.63) is 63.6 Å². The molecule has 0 spiro atoms. The highest BCUT2D eigenvalue weighted by Gasteiger charge is 2.36. The molecule has 2 aliphatic heterocycles. The van der Waals surface area contributed by atoms with Gasteiger partial charge in [-0.2, -0.15) is 0 Å². The number of carbonyl (C=O) groups excluding carboxylic acids is 1. The predicted octanol–water partition coefficient (Wildman–Crippen LogP) is 3.30. The van der Waals surface area contributed by atoms with Crippen LogP contribution in [0.3, 0.4) is 0 Å². The van der Waals surface area contributed by atoms with Crippen LogP contribution in [0.25, 0.3) is 0 Å². The molecule has 148 valence electrons. The molecule has 0 saturated carbocycles. The summed E-state index contributed by atoms with van der Waals surface area (Å²) in [6.07, 6.45) is 1.05. The van der Waals surface area contributed by atoms with E-state index >= 15 is 0 Å². The number of aryl methyl sites for hydroxylation is 1. The maximum atomic E-state index is 12.9. The Bertz CT molecular complexity index is 947. The van der Waals surface area contributed by atoms with Crippen LogP contribution in [0.5, 0.6) is 5.75 Å². The summed E-state index contributed by atoms with van der Waals surface area (Å²) < 4.78 is 7.85. The number of pyridine rings is 1. The highest BCUT2D eigenvalue weighted by Crippen LogP contribution is 2.35. The lowest BCUT2D eigenvalue weighted by molar-refractivity contribution is -0.136. The summed E-state index contributed by atoms with van der Waals surface area (Å²) in [5.74, 6) is 1.74. The highest BCUT2D eigenvalue weighted by atomic mass is 16.5. The fourth-order valence-electron chi connectivity index (χ4n) is 4.57. The molecule has 1 aromatic heterocycles. The fourth-order valence-corrected chi connectivity index (χ4v) is 4.57. The van der Waals surface area contributed by atoms with Gasteiger partial charge in [0.25, 0.3) is 11.5 Å². The Kier molecular flexibility index (Phi) is 5.00. The Balaban J connectivity index is 1.46. The fraction of sp³-hybridized carbons (Fsp3) is 0.478. The van der Waals surface area contributed by atoms with Crippen LogP contribution in [-0.4, -0.2) is 35.1 Å². The molecule has 2 aliphatic rings. The van der Waals surface area contributed by atoms with E-state index in [1.807, 2.05) is 34.6 Å². The van der Waals surface area contributed by atoms with Gasteiger partial charge >= 0.3 is 0 Å². The van der Waals surface area contributed by atoms with Crippen LogP contribution >= 0.6 is 0 Å². The van der Waals surface area contributed by atoms with E-state index in [1.165, 1.54) is 0 Å². The molecular formula is C23H28N2O3. The number of ether oxygens (including phenoxy) is 1. The minimum Gasteiger partial charge on any atom is -0.483 e. The van der Waals surface area contributed by atoms with E-state index in [-0.39, 0.29) is 24.0 Å². The smallest absolute Gasteiger partial charge is 0.260 e. The number of aromatic nitrogens is 1. The van der Waals surface area contributed by atoms with Gasteiger partial charge in [0, 0.05) is 37.3 Å². The van der Waals surface area contributed by atoms with E-state index in [4.69, 9.17) is 4.74 Å². The monoisotopic (exact) mass is 380 g/mol. The molecule has 1 amide bonds. The number of piperidine rings is 1. The maximum absolute atomic E-state index is 12.9. The number of carbonyl (C=O) groups is 1. The van der Waals surface area contributed by atoms with Gasteiger partial charge in [-0.1, -0.05) is 32.0 Å². The third-order valence-corrected chi connectivity index (χ3v) is 5.97. The van der Waals surface area contributed by atoms with E-state index < -0.39 is 0 Å². The van der Waals surface area contributed by atoms with E-state index in [1.54, 1.807) is 6.07 Å². The van der Waals surface area contributed by atoms with Crippen molar-refractivity contribution in [1.82, 2.24) is 9.47 Å². The number of amides is 1. The van der Waals surface area contributed by atoms with Crippen LogP contribution in [0, 0.1) is 12.8 Å². The summed E-state index contributed by atoms with van der Waals surface area (Å²) in [4.78, 5) is 26.9. The second-order valence-corrected chi connectivity index (χ2v) is 8.48. The van der Waals surface area contributed by atoms with Crippen molar-refractivity contribution in [2.45, 2.75) is 45.6 Å². The molecule has 0 aliphatic carbocycles. The number of fused-ring (bicyclic) bond motifs is 4. The first-order chi connectivity index (χ1) is 13.4. The lowest BCUT2D eigenvalue weighted by Gasteiger charge is -2.42. The lowest BCUT2D eigenvalue weighted by Crippen LogP contribution is -2.50. The van der Waals surface area contributed by atoms with E-state index in [0.29, 0.717) is 31.5 Å². The van der Waals surface area contributed by atoms with Crippen molar-refractivity contribution in [3.8, 4) is 5.75 Å². The minimum absolute atomic E-state index is 0.0256. The number of likely N-dealkylation sites (tertiary alicyclic amines) is 1. The van der Waals surface area contributed by atoms with Gasteiger partial charge in [-0.3, -0.25) is 9.59 Å². The topological polar surface area (TPSA) is 51.5 Å². The first kappa shape index (κ1) is 18.8. The zero-order valence-electron chi connectivity index (χ0n) is 16.9. The van der Waals surface area contributed by atoms with Crippen molar-refractivity contribution in [2.75, 3.05) is 19.7 Å². The second kappa shape index (κ2) is 7.46. The molecule has 28 heavy (non-hydrogen) atoms. The highest BCUT2D eigenvalue weighted by molar-refractivity contribution is 5.78. The van der Waals surface area contributed by atoms with Gasteiger partial charge in [-0.15, -0.1) is 0 Å². The van der Waals surface area contributed by atoms with E-state index in [0.717, 1.165) is 29.0 Å². The molecule has 5 heteroatoms. The van der Waals surface area contributed by atoms with Crippen molar-refractivity contribution in [1.29, 1.82) is 0 Å². The molecule has 1 aromatic carbocycles. The Morgan fingerprint density at radius 1 is 1.18 bits per heavy atom. The summed E-state index contributed by atoms with van der Waals surface area (Å²) in [5, 5.41) is 0. The summed E-state index contributed by atoms with van der Waals surface area (Å²) in [6, 6.07) is 11.6. The molecule has 2 bridgehead atoms. The summed E-state index contributed by atoms with van der Waals surface area (Å²) in [6.45, 7) is 8.41. The molecule has 2 aromatic rings. The molecule has 3 heterocycles. The second-order valence-electron chi connectivity index (χ2n) is 8.48. The molecule has 4 rings (SSSR count). The third kappa shape index (κ3) is 3.58. The number of hydrogen-bond acceptors (Lipinski definition) is 3. The van der Waals surface area contributed by atoms with E-state index in [9.17, 15) is 9.59 Å². The minimum atomic E-state index is 0.0256. The lowest BCUT2D eigenvalue weighted by atomic mass is 9.83. The van der Waals surface area contributed by atoms with E-state index in [2.05, 4.69) is 26.0 Å². The maximum Gasteiger partial charge on any atom is 0.260 e. The SMILES string of the molecule is Cc1ccc(C(C)C)c(OCC(=O)N2CC3C[C@@H](C2)Cn2c3cccc2=O)c1. The number of rotatable bonds is 4. The van der Waals surface area contributed by atoms with Gasteiger partial charge in [-0.25, -0.2) is 0 Å². The Morgan fingerprint density at radius 2 is 2.00 bits per heavy atom. The van der Waals surface area contributed by atoms with Crippen molar-refractivity contribution in [2.24, 2.45) is 5.92 Å². The predicted molar refractivity (Wildman–Crippen MR) is 109 cm³/mol. The number of nitrogens with zero attached hydrogens (tertiary/aromatic N) is 2.